The summed E-state index contributed by atoms with van der Waals surface area (Å²) < 4.78 is 10.7. The van der Waals surface area contributed by atoms with Crippen LogP contribution in [-0.4, -0.2) is 52.6 Å². The fraction of sp³-hybridized carbons (Fsp3) is 0.463. The zero-order chi connectivity index (χ0) is 33.9. The van der Waals surface area contributed by atoms with Crippen LogP contribution in [0, 0.1) is 6.92 Å². The van der Waals surface area contributed by atoms with Crippen LogP contribution in [0.3, 0.4) is 0 Å². The number of morpholine rings is 2. The number of allylic oxidation sites excluding steroid dienone is 3. The van der Waals surface area contributed by atoms with Crippen LogP contribution in [0.1, 0.15) is 83.9 Å². The number of hydrogen-bond acceptors (Lipinski definition) is 5. The summed E-state index contributed by atoms with van der Waals surface area (Å²) in [5.74, 6) is 1.19. The van der Waals surface area contributed by atoms with E-state index in [2.05, 4.69) is 123 Å². The van der Waals surface area contributed by atoms with Gasteiger partial charge in [-0.25, -0.2) is 0 Å². The summed E-state index contributed by atoms with van der Waals surface area (Å²) >= 11 is 0. The van der Waals surface area contributed by atoms with Crippen LogP contribution in [0.4, 0.5) is 17.1 Å². The van der Waals surface area contributed by atoms with E-state index >= 15 is 0 Å². The molecule has 3 aromatic carbocycles. The number of nitrogens with one attached hydrogen (secondary N) is 1. The second-order valence-electron chi connectivity index (χ2n) is 12.3. The number of para-hydroxylation sites is 1. The van der Waals surface area contributed by atoms with Crippen LogP contribution in [-0.2, 0) is 9.47 Å². The lowest BCUT2D eigenvalue weighted by Crippen LogP contribution is -2.36. The maximum absolute atomic E-state index is 5.38. The van der Waals surface area contributed by atoms with E-state index in [-0.39, 0.29) is 0 Å². The smallest absolute Gasteiger partial charge is 0.0642 e. The van der Waals surface area contributed by atoms with Crippen molar-refractivity contribution in [1.82, 2.24) is 0 Å². The summed E-state index contributed by atoms with van der Waals surface area (Å²) in [5.41, 5.74) is 10.1. The van der Waals surface area contributed by atoms with Crippen LogP contribution in [0.5, 0.6) is 0 Å². The molecule has 1 N–H and O–H groups in total. The third-order valence-corrected chi connectivity index (χ3v) is 7.65. The van der Waals surface area contributed by atoms with Crippen LogP contribution in [0.25, 0.3) is 0 Å². The molecule has 5 heteroatoms. The van der Waals surface area contributed by atoms with Crippen molar-refractivity contribution in [3.05, 3.63) is 113 Å². The average molecular weight is 628 g/mol. The van der Waals surface area contributed by atoms with Crippen molar-refractivity contribution < 1.29 is 9.47 Å². The fourth-order valence-electron chi connectivity index (χ4n) is 5.33. The van der Waals surface area contributed by atoms with Crippen molar-refractivity contribution in [1.29, 1.82) is 0 Å². The average Bonchev–Trinajstić information content (AvgIpc) is 3.07. The molecule has 0 aliphatic carbocycles. The SMILES string of the molecule is C=C(C)/C=C(/C)Nc1cccc(C)c1.CC.CC(C)c1cccc(N2CCOCC2)c1.CC(C)c1ccccc1N1CCOCC1. The molecule has 2 aliphatic rings. The number of hydrogen-bond donors (Lipinski definition) is 1. The minimum atomic E-state index is 0.587. The highest BCUT2D eigenvalue weighted by atomic mass is 16.5. The molecule has 0 radical (unpaired) electrons. The molecule has 0 unspecified atom stereocenters. The maximum atomic E-state index is 5.38. The van der Waals surface area contributed by atoms with E-state index in [1.54, 1.807) is 0 Å². The van der Waals surface area contributed by atoms with E-state index in [9.17, 15) is 0 Å². The summed E-state index contributed by atoms with van der Waals surface area (Å²) in [4.78, 5) is 4.83. The van der Waals surface area contributed by atoms with Crippen LogP contribution >= 0.6 is 0 Å². The quantitative estimate of drug-likeness (QED) is 0.264. The first-order valence-electron chi connectivity index (χ1n) is 17.2. The Morgan fingerprint density at radius 1 is 0.739 bits per heavy atom. The first-order valence-corrected chi connectivity index (χ1v) is 17.2. The van der Waals surface area contributed by atoms with E-state index in [1.807, 2.05) is 39.8 Å². The molecule has 2 aliphatic heterocycles. The molecule has 0 atom stereocenters. The van der Waals surface area contributed by atoms with Gasteiger partial charge < -0.3 is 24.6 Å². The second-order valence-corrected chi connectivity index (χ2v) is 12.3. The normalized spacial score (nSPS) is 14.7. The van der Waals surface area contributed by atoms with E-state index in [1.165, 1.54) is 28.1 Å². The monoisotopic (exact) mass is 627 g/mol. The standard InChI is InChI=1S/2C13H19NO.C13H17N.C2H6/c1-11(2)12-4-3-5-13(10-12)14-6-8-15-9-7-14;1-11(2)12-5-3-4-6-13(12)14-7-9-15-10-8-14;1-10(2)8-12(4)14-13-7-5-6-11(3)9-13;1-2/h3-5,10-11H,6-9H2,1-2H3;3-6,11H,7-10H2,1-2H3;5-9,14H,1H2,2-4H3;1-2H3/b;;12-8-;. The fourth-order valence-corrected chi connectivity index (χ4v) is 5.33. The Hall–Kier alpha value is -3.54. The Morgan fingerprint density at radius 2 is 1.33 bits per heavy atom. The third-order valence-electron chi connectivity index (χ3n) is 7.65. The molecule has 2 heterocycles. The summed E-state index contributed by atoms with van der Waals surface area (Å²) in [6, 6.07) is 25.9. The predicted octanol–water partition coefficient (Wildman–Crippen LogP) is 10.2. The van der Waals surface area contributed by atoms with Crippen LogP contribution in [0.2, 0.25) is 0 Å². The lowest BCUT2D eigenvalue weighted by molar-refractivity contribution is 0.122. The summed E-state index contributed by atoms with van der Waals surface area (Å²) in [6.45, 7) is 30.4. The molecule has 2 saturated heterocycles. The van der Waals surface area contributed by atoms with Crippen molar-refractivity contribution in [3.63, 3.8) is 0 Å². The number of rotatable bonds is 7. The first kappa shape index (κ1) is 38.6. The molecular weight excluding hydrogens is 566 g/mol. The summed E-state index contributed by atoms with van der Waals surface area (Å²) in [7, 11) is 0. The molecule has 5 nitrogen and oxygen atoms in total. The van der Waals surface area contributed by atoms with Gasteiger partial charge in [0.1, 0.15) is 0 Å². The first-order chi connectivity index (χ1) is 22.1. The minimum Gasteiger partial charge on any atom is -0.378 e. The van der Waals surface area contributed by atoms with Crippen molar-refractivity contribution in [2.75, 3.05) is 67.7 Å². The number of ether oxygens (including phenoxy) is 2. The number of nitrogens with zero attached hydrogens (tertiary/aromatic N) is 2. The number of anilines is 3. The Balaban J connectivity index is 0.000000234. The van der Waals surface area contributed by atoms with Gasteiger partial charge in [0.05, 0.1) is 26.4 Å². The molecule has 0 aromatic heterocycles. The van der Waals surface area contributed by atoms with Gasteiger partial charge in [0, 0.05) is 48.9 Å². The van der Waals surface area contributed by atoms with Gasteiger partial charge in [-0.05, 0) is 85.7 Å². The Kier molecular flexibility index (Phi) is 17.9. The van der Waals surface area contributed by atoms with Gasteiger partial charge in [0.15, 0.2) is 0 Å². The zero-order valence-electron chi connectivity index (χ0n) is 30.2. The van der Waals surface area contributed by atoms with E-state index < -0.39 is 0 Å². The molecule has 0 bridgehead atoms. The molecule has 0 spiro atoms. The third kappa shape index (κ3) is 13.8. The molecule has 46 heavy (non-hydrogen) atoms. The molecule has 3 aromatic rings. The van der Waals surface area contributed by atoms with Crippen LogP contribution < -0.4 is 15.1 Å². The van der Waals surface area contributed by atoms with Crippen molar-refractivity contribution in [2.24, 2.45) is 0 Å². The highest BCUT2D eigenvalue weighted by Crippen LogP contribution is 2.27. The van der Waals surface area contributed by atoms with Gasteiger partial charge in [-0.1, -0.05) is 96.2 Å². The van der Waals surface area contributed by atoms with E-state index in [4.69, 9.17) is 9.47 Å². The van der Waals surface area contributed by atoms with Gasteiger partial charge in [0.2, 0.25) is 0 Å². The molecule has 0 amide bonds. The highest BCUT2D eigenvalue weighted by Gasteiger charge is 2.15. The minimum absolute atomic E-state index is 0.587. The van der Waals surface area contributed by atoms with Gasteiger partial charge >= 0.3 is 0 Å². The topological polar surface area (TPSA) is 37.0 Å². The molecule has 5 rings (SSSR count). The Bertz CT molecular complexity index is 1320. The van der Waals surface area contributed by atoms with Gasteiger partial charge in [-0.15, -0.1) is 0 Å². The van der Waals surface area contributed by atoms with Crippen molar-refractivity contribution >= 4 is 17.1 Å². The van der Waals surface area contributed by atoms with Gasteiger partial charge in [-0.3, -0.25) is 0 Å². The predicted molar refractivity (Wildman–Crippen MR) is 202 cm³/mol. The second kappa shape index (κ2) is 21.3. The Labute approximate surface area is 281 Å². The lowest BCUT2D eigenvalue weighted by Gasteiger charge is -2.31. The van der Waals surface area contributed by atoms with Gasteiger partial charge in [-0.2, -0.15) is 0 Å². The molecule has 252 valence electrons. The molecular formula is C41H61N3O2. The van der Waals surface area contributed by atoms with Crippen molar-refractivity contribution in [3.8, 4) is 0 Å². The summed E-state index contributed by atoms with van der Waals surface area (Å²) in [5, 5.41) is 3.31. The van der Waals surface area contributed by atoms with E-state index in [0.29, 0.717) is 11.8 Å². The largest absolute Gasteiger partial charge is 0.378 e. The van der Waals surface area contributed by atoms with Crippen molar-refractivity contribution in [2.45, 2.75) is 74.1 Å². The number of benzene rings is 3. The van der Waals surface area contributed by atoms with Gasteiger partial charge in [0.25, 0.3) is 0 Å². The Morgan fingerprint density at radius 3 is 1.89 bits per heavy atom. The van der Waals surface area contributed by atoms with E-state index in [0.717, 1.165) is 69.6 Å². The zero-order valence-corrected chi connectivity index (χ0v) is 30.2. The molecule has 0 saturated carbocycles. The molecule has 2 fully saturated rings. The lowest BCUT2D eigenvalue weighted by atomic mass is 10.0. The van der Waals surface area contributed by atoms with Crippen LogP contribution in [0.15, 0.2) is 96.7 Å². The summed E-state index contributed by atoms with van der Waals surface area (Å²) in [6.07, 6.45) is 2.03. The highest BCUT2D eigenvalue weighted by molar-refractivity contribution is 5.55. The maximum Gasteiger partial charge on any atom is 0.0642 e. The number of aryl methyl sites for hydroxylation is 1.